The van der Waals surface area contributed by atoms with Gasteiger partial charge >= 0.3 is 5.97 Å². The van der Waals surface area contributed by atoms with E-state index >= 15 is 0 Å². The van der Waals surface area contributed by atoms with Crippen molar-refractivity contribution in [1.82, 2.24) is 4.98 Å². The summed E-state index contributed by atoms with van der Waals surface area (Å²) in [5.41, 5.74) is 0.708. The summed E-state index contributed by atoms with van der Waals surface area (Å²) >= 11 is 6.26. The molecule has 150 valence electrons. The van der Waals surface area contributed by atoms with Crippen molar-refractivity contribution in [2.45, 2.75) is 13.5 Å². The van der Waals surface area contributed by atoms with E-state index in [9.17, 15) is 19.5 Å². The van der Waals surface area contributed by atoms with Crippen LogP contribution in [0.2, 0.25) is 5.02 Å². The van der Waals surface area contributed by atoms with E-state index in [2.05, 4.69) is 4.98 Å². The van der Waals surface area contributed by atoms with Gasteiger partial charge in [0, 0.05) is 22.7 Å². The summed E-state index contributed by atoms with van der Waals surface area (Å²) in [6.45, 7) is 1.63. The minimum absolute atomic E-state index is 0.156. The second-order valence-corrected chi connectivity index (χ2v) is 7.39. The molecule has 6 nitrogen and oxygen atoms in total. The van der Waals surface area contributed by atoms with E-state index in [0.717, 1.165) is 16.5 Å². The maximum Gasteiger partial charge on any atom is 0.341 e. The first-order valence-corrected chi connectivity index (χ1v) is 9.57. The third-order valence-electron chi connectivity index (χ3n) is 4.99. The Morgan fingerprint density at radius 3 is 2.50 bits per heavy atom. The van der Waals surface area contributed by atoms with Gasteiger partial charge in [0.2, 0.25) is 5.91 Å². The van der Waals surface area contributed by atoms with Crippen LogP contribution >= 0.6 is 11.6 Å². The summed E-state index contributed by atoms with van der Waals surface area (Å²) in [6.07, 6.45) is 0. The molecular formula is C23H17ClN2O4. The molecule has 0 atom stereocenters. The number of carbonyl (C=O) groups excluding carboxylic acids is 1. The average Bonchev–Trinajstić information content (AvgIpc) is 2.71. The molecule has 0 saturated heterocycles. The number of carboxylic acid groups (broad SMARTS) is 1. The van der Waals surface area contributed by atoms with Crippen LogP contribution in [0.5, 0.6) is 0 Å². The fourth-order valence-corrected chi connectivity index (χ4v) is 3.87. The molecule has 2 N–H and O–H groups in total. The minimum Gasteiger partial charge on any atom is -0.477 e. The second-order valence-electron chi connectivity index (χ2n) is 6.95. The number of aromatic nitrogens is 1. The lowest BCUT2D eigenvalue weighted by Gasteiger charge is -2.24. The summed E-state index contributed by atoms with van der Waals surface area (Å²) in [6, 6.07) is 18.0. The van der Waals surface area contributed by atoms with Crippen molar-refractivity contribution >= 4 is 50.8 Å². The number of halogens is 1. The van der Waals surface area contributed by atoms with Crippen molar-refractivity contribution in [2.24, 2.45) is 0 Å². The third kappa shape index (κ3) is 3.53. The fraction of sp³-hybridized carbons (Fsp3) is 0.0870. The van der Waals surface area contributed by atoms with Gasteiger partial charge < -0.3 is 15.0 Å². The molecule has 3 aromatic carbocycles. The van der Waals surface area contributed by atoms with Crippen molar-refractivity contribution in [1.29, 1.82) is 0 Å². The zero-order valence-corrected chi connectivity index (χ0v) is 16.7. The van der Waals surface area contributed by atoms with Crippen LogP contribution in [0.3, 0.4) is 0 Å². The molecule has 0 spiro atoms. The van der Waals surface area contributed by atoms with E-state index < -0.39 is 11.5 Å². The van der Waals surface area contributed by atoms with Crippen molar-refractivity contribution in [3.8, 4) is 0 Å². The third-order valence-corrected chi connectivity index (χ3v) is 5.21. The second kappa shape index (κ2) is 7.65. The topological polar surface area (TPSA) is 90.5 Å². The Kier molecular flexibility index (Phi) is 5.01. The van der Waals surface area contributed by atoms with Crippen molar-refractivity contribution in [3.63, 3.8) is 0 Å². The molecule has 30 heavy (non-hydrogen) atoms. The first kappa shape index (κ1) is 19.7. The van der Waals surface area contributed by atoms with E-state index in [0.29, 0.717) is 21.5 Å². The van der Waals surface area contributed by atoms with Crippen LogP contribution in [0, 0.1) is 0 Å². The number of H-pyrrole nitrogens is 1. The van der Waals surface area contributed by atoms with Gasteiger partial charge in [-0.25, -0.2) is 4.79 Å². The molecule has 0 saturated carbocycles. The number of benzene rings is 3. The number of carbonyl (C=O) groups is 2. The summed E-state index contributed by atoms with van der Waals surface area (Å²) in [5.74, 6) is -1.50. The number of carboxylic acids is 1. The molecule has 0 bridgehead atoms. The van der Waals surface area contributed by atoms with Gasteiger partial charge in [-0.3, -0.25) is 9.59 Å². The smallest absolute Gasteiger partial charge is 0.341 e. The minimum atomic E-state index is -1.32. The summed E-state index contributed by atoms with van der Waals surface area (Å²) < 4.78 is 0. The SMILES string of the molecule is CC(=O)N(Cc1cc(Cl)cc2cc(C(=O)O)c(=O)[nH]c12)c1cccc2ccccc12. The number of pyridine rings is 1. The van der Waals surface area contributed by atoms with Crippen LogP contribution in [0.4, 0.5) is 5.69 Å². The Labute approximate surface area is 176 Å². The maximum absolute atomic E-state index is 12.6. The predicted octanol–water partition coefficient (Wildman–Crippen LogP) is 4.59. The van der Waals surface area contributed by atoms with Crippen LogP contribution in [-0.4, -0.2) is 22.0 Å². The number of fused-ring (bicyclic) bond motifs is 2. The standard InChI is InChI=1S/C23H17ClN2O4/c1-13(27)26(20-8-4-6-14-5-2-3-7-18(14)20)12-16-10-17(24)9-15-11-19(23(29)30)22(28)25-21(15)16/h2-11H,12H2,1H3,(H,25,28)(H,29,30). The lowest BCUT2D eigenvalue weighted by Crippen LogP contribution is -2.28. The quantitative estimate of drug-likeness (QED) is 0.505. The van der Waals surface area contributed by atoms with Crippen LogP contribution in [-0.2, 0) is 11.3 Å². The van der Waals surface area contributed by atoms with E-state index in [1.54, 1.807) is 17.0 Å². The Morgan fingerprint density at radius 1 is 1.03 bits per heavy atom. The number of aromatic amines is 1. The molecule has 0 radical (unpaired) electrons. The molecule has 0 fully saturated rings. The van der Waals surface area contributed by atoms with Gasteiger partial charge in [0.15, 0.2) is 0 Å². The first-order valence-electron chi connectivity index (χ1n) is 9.20. The van der Waals surface area contributed by atoms with Gasteiger partial charge in [-0.05, 0) is 35.2 Å². The van der Waals surface area contributed by atoms with Crippen LogP contribution in [0.25, 0.3) is 21.7 Å². The van der Waals surface area contributed by atoms with E-state index in [1.165, 1.54) is 13.0 Å². The zero-order valence-electron chi connectivity index (χ0n) is 16.0. The first-order chi connectivity index (χ1) is 14.3. The van der Waals surface area contributed by atoms with Gasteiger partial charge in [0.25, 0.3) is 5.56 Å². The normalized spacial score (nSPS) is 11.0. The Morgan fingerprint density at radius 2 is 1.77 bits per heavy atom. The predicted molar refractivity (Wildman–Crippen MR) is 117 cm³/mol. The number of rotatable bonds is 4. The average molecular weight is 421 g/mol. The molecule has 4 aromatic rings. The van der Waals surface area contributed by atoms with Gasteiger partial charge in [-0.2, -0.15) is 0 Å². The van der Waals surface area contributed by atoms with E-state index in [4.69, 9.17) is 11.6 Å². The van der Waals surface area contributed by atoms with Gasteiger partial charge in [-0.15, -0.1) is 0 Å². The van der Waals surface area contributed by atoms with Crippen molar-refractivity contribution < 1.29 is 14.7 Å². The van der Waals surface area contributed by atoms with E-state index in [-0.39, 0.29) is 18.0 Å². The number of aromatic carboxylic acids is 1. The highest BCUT2D eigenvalue weighted by molar-refractivity contribution is 6.31. The monoisotopic (exact) mass is 420 g/mol. The van der Waals surface area contributed by atoms with Crippen LogP contribution in [0.15, 0.2) is 65.5 Å². The Balaban J connectivity index is 1.89. The summed E-state index contributed by atoms with van der Waals surface area (Å²) in [5, 5.41) is 12.0. The number of amides is 1. The molecule has 7 heteroatoms. The molecule has 0 aliphatic rings. The van der Waals surface area contributed by atoms with Crippen LogP contribution in [0.1, 0.15) is 22.8 Å². The largest absolute Gasteiger partial charge is 0.477 e. The maximum atomic E-state index is 12.6. The fourth-order valence-electron chi connectivity index (χ4n) is 3.62. The molecule has 1 heterocycles. The van der Waals surface area contributed by atoms with Gasteiger partial charge in [-0.1, -0.05) is 48.0 Å². The summed E-state index contributed by atoms with van der Waals surface area (Å²) in [4.78, 5) is 40.3. The van der Waals surface area contributed by atoms with Gasteiger partial charge in [0.05, 0.1) is 17.7 Å². The number of hydrogen-bond acceptors (Lipinski definition) is 3. The van der Waals surface area contributed by atoms with Crippen molar-refractivity contribution in [2.75, 3.05) is 4.90 Å². The summed E-state index contributed by atoms with van der Waals surface area (Å²) in [7, 11) is 0. The number of nitrogens with zero attached hydrogens (tertiary/aromatic N) is 1. The lowest BCUT2D eigenvalue weighted by molar-refractivity contribution is -0.116. The van der Waals surface area contributed by atoms with Gasteiger partial charge in [0.1, 0.15) is 5.56 Å². The molecule has 0 aliphatic carbocycles. The molecule has 0 unspecified atom stereocenters. The molecule has 0 aliphatic heterocycles. The molecular weight excluding hydrogens is 404 g/mol. The van der Waals surface area contributed by atoms with Crippen LogP contribution < -0.4 is 10.5 Å². The molecule has 1 amide bonds. The lowest BCUT2D eigenvalue weighted by atomic mass is 10.0. The molecule has 4 rings (SSSR count). The zero-order chi connectivity index (χ0) is 21.4. The molecule has 1 aromatic heterocycles. The number of anilines is 1. The van der Waals surface area contributed by atoms with Crippen molar-refractivity contribution in [3.05, 3.63) is 87.2 Å². The highest BCUT2D eigenvalue weighted by atomic mass is 35.5. The highest BCUT2D eigenvalue weighted by Gasteiger charge is 2.18. The highest BCUT2D eigenvalue weighted by Crippen LogP contribution is 2.30. The Hall–Kier alpha value is -3.64. The number of nitrogens with one attached hydrogen (secondary N) is 1. The Bertz CT molecular complexity index is 1370. The number of hydrogen-bond donors (Lipinski definition) is 2. The van der Waals surface area contributed by atoms with E-state index in [1.807, 2.05) is 42.5 Å².